The number of aromatic amines is 1. The van der Waals surface area contributed by atoms with Gasteiger partial charge in [0.15, 0.2) is 0 Å². The molecule has 6 heteroatoms. The van der Waals surface area contributed by atoms with Gasteiger partial charge in [0.2, 0.25) is 0 Å². The van der Waals surface area contributed by atoms with E-state index in [2.05, 4.69) is 17.1 Å². The lowest BCUT2D eigenvalue weighted by Gasteiger charge is -2.36. The molecule has 2 rings (SSSR count). The van der Waals surface area contributed by atoms with Gasteiger partial charge in [-0.15, -0.1) is 0 Å². The largest absolute Gasteiger partial charge is 0.383 e. The zero-order chi connectivity index (χ0) is 21.0. The zero-order valence-corrected chi connectivity index (χ0v) is 18.1. The molecule has 0 saturated carbocycles. The Labute approximate surface area is 167 Å². The molecule has 1 aromatic carbocycles. The molecular weight excluding hydrogens is 354 g/mol. The first-order valence-corrected chi connectivity index (χ1v) is 9.85. The number of methoxy groups -OCH3 is 1. The molecule has 28 heavy (non-hydrogen) atoms. The Morgan fingerprint density at radius 2 is 1.75 bits per heavy atom. The summed E-state index contributed by atoms with van der Waals surface area (Å²) in [7, 11) is 1.61. The lowest BCUT2D eigenvalue weighted by molar-refractivity contribution is 0.103. The average Bonchev–Trinajstić information content (AvgIpc) is 2.58. The van der Waals surface area contributed by atoms with Gasteiger partial charge in [-0.3, -0.25) is 4.79 Å². The summed E-state index contributed by atoms with van der Waals surface area (Å²) in [5.74, 6) is 0. The Balaban J connectivity index is 2.42. The number of nitrogens with zero attached hydrogens (tertiary/aromatic N) is 2. The van der Waals surface area contributed by atoms with Gasteiger partial charge in [0.05, 0.1) is 18.7 Å². The van der Waals surface area contributed by atoms with Crippen LogP contribution in [-0.4, -0.2) is 53.2 Å². The van der Waals surface area contributed by atoms with Crippen LogP contribution in [0, 0.1) is 13.8 Å². The van der Waals surface area contributed by atoms with E-state index in [-0.39, 0.29) is 30.2 Å². The van der Waals surface area contributed by atoms with Crippen LogP contribution in [0.2, 0.25) is 0 Å². The summed E-state index contributed by atoms with van der Waals surface area (Å²) in [5.41, 5.74) is 3.45. The van der Waals surface area contributed by atoms with Crippen molar-refractivity contribution < 1.29 is 9.53 Å². The van der Waals surface area contributed by atoms with Crippen molar-refractivity contribution in [3.8, 4) is 0 Å². The van der Waals surface area contributed by atoms with Gasteiger partial charge >= 0.3 is 6.03 Å². The Bertz CT molecular complexity index is 878. The summed E-state index contributed by atoms with van der Waals surface area (Å²) in [6.07, 6.45) is 0. The standard InChI is InChI=1S/C22H33N3O3/c1-14(2)25(15(3)4)22(27)24(8-9-28-7)13-19-12-18-11-16(5)10-17(6)20(18)23-21(19)26/h10-12,14-15H,8-9,13H2,1-7H3,(H,23,26). The zero-order valence-electron chi connectivity index (χ0n) is 18.1. The number of urea groups is 1. The maximum absolute atomic E-state index is 13.2. The minimum absolute atomic E-state index is 0.0673. The highest BCUT2D eigenvalue weighted by molar-refractivity contribution is 5.83. The molecule has 0 fully saturated rings. The Morgan fingerprint density at radius 1 is 1.11 bits per heavy atom. The van der Waals surface area contributed by atoms with Gasteiger partial charge in [0.1, 0.15) is 0 Å². The molecule has 1 N–H and O–H groups in total. The summed E-state index contributed by atoms with van der Waals surface area (Å²) in [6.45, 7) is 13.1. The molecule has 0 atom stereocenters. The third kappa shape index (κ3) is 4.93. The molecule has 2 aromatic rings. The van der Waals surface area contributed by atoms with E-state index in [1.807, 2.05) is 52.5 Å². The first kappa shape index (κ1) is 22.0. The van der Waals surface area contributed by atoms with E-state index in [0.717, 1.165) is 22.0 Å². The second-order valence-electron chi connectivity index (χ2n) is 7.96. The number of hydrogen-bond donors (Lipinski definition) is 1. The lowest BCUT2D eigenvalue weighted by atomic mass is 10.1. The number of amides is 2. The molecule has 0 spiro atoms. The number of benzene rings is 1. The van der Waals surface area contributed by atoms with Gasteiger partial charge in [0.25, 0.3) is 5.56 Å². The molecule has 0 radical (unpaired) electrons. The molecule has 6 nitrogen and oxygen atoms in total. The van der Waals surface area contributed by atoms with Crippen LogP contribution < -0.4 is 5.56 Å². The van der Waals surface area contributed by atoms with E-state index in [1.165, 1.54) is 0 Å². The molecule has 0 unspecified atom stereocenters. The molecule has 1 aromatic heterocycles. The fourth-order valence-corrected chi connectivity index (χ4v) is 3.70. The number of rotatable bonds is 7. The van der Waals surface area contributed by atoms with Crippen LogP contribution in [0.15, 0.2) is 23.0 Å². The number of aryl methyl sites for hydroxylation is 2. The Kier molecular flexibility index (Phi) is 7.24. The molecule has 2 amide bonds. The summed E-state index contributed by atoms with van der Waals surface area (Å²) < 4.78 is 5.19. The smallest absolute Gasteiger partial charge is 0.320 e. The first-order chi connectivity index (χ1) is 13.1. The predicted molar refractivity (Wildman–Crippen MR) is 114 cm³/mol. The van der Waals surface area contributed by atoms with Gasteiger partial charge in [0, 0.05) is 31.3 Å². The van der Waals surface area contributed by atoms with E-state index in [4.69, 9.17) is 4.74 Å². The van der Waals surface area contributed by atoms with Crippen LogP contribution in [0.5, 0.6) is 0 Å². The van der Waals surface area contributed by atoms with Gasteiger partial charge in [-0.25, -0.2) is 4.79 Å². The number of carbonyl (C=O) groups excluding carboxylic acids is 1. The highest BCUT2D eigenvalue weighted by Gasteiger charge is 2.26. The third-order valence-corrected chi connectivity index (χ3v) is 4.90. The van der Waals surface area contributed by atoms with E-state index >= 15 is 0 Å². The van der Waals surface area contributed by atoms with Gasteiger partial charge in [-0.1, -0.05) is 11.6 Å². The monoisotopic (exact) mass is 387 g/mol. The number of hydrogen-bond acceptors (Lipinski definition) is 3. The molecule has 0 bridgehead atoms. The fraction of sp³-hybridized carbons (Fsp3) is 0.545. The van der Waals surface area contributed by atoms with Gasteiger partial charge < -0.3 is 19.5 Å². The minimum atomic E-state index is -0.157. The van der Waals surface area contributed by atoms with E-state index < -0.39 is 0 Å². The molecule has 0 saturated heterocycles. The SMILES string of the molecule is COCCN(Cc1cc2cc(C)cc(C)c2[nH]c1=O)C(=O)N(C(C)C)C(C)C. The fourth-order valence-electron chi connectivity index (χ4n) is 3.70. The van der Waals surface area contributed by atoms with Crippen LogP contribution in [-0.2, 0) is 11.3 Å². The van der Waals surface area contributed by atoms with Gasteiger partial charge in [-0.2, -0.15) is 0 Å². The molecular formula is C22H33N3O3. The van der Waals surface area contributed by atoms with Crippen LogP contribution in [0.1, 0.15) is 44.4 Å². The van der Waals surface area contributed by atoms with E-state index in [1.54, 1.807) is 12.0 Å². The predicted octanol–water partition coefficient (Wildman–Crippen LogP) is 3.83. The molecule has 0 aliphatic carbocycles. The van der Waals surface area contributed by atoms with Crippen molar-refractivity contribution >= 4 is 16.9 Å². The molecule has 154 valence electrons. The van der Waals surface area contributed by atoms with Crippen LogP contribution in [0.4, 0.5) is 4.79 Å². The second kappa shape index (κ2) is 9.24. The maximum atomic E-state index is 13.2. The van der Waals surface area contributed by atoms with Crippen LogP contribution in [0.25, 0.3) is 10.9 Å². The summed E-state index contributed by atoms with van der Waals surface area (Å²) >= 11 is 0. The van der Waals surface area contributed by atoms with Crippen molar-refractivity contribution in [2.45, 2.75) is 60.2 Å². The van der Waals surface area contributed by atoms with Crippen molar-refractivity contribution in [3.05, 3.63) is 45.2 Å². The highest BCUT2D eigenvalue weighted by Crippen LogP contribution is 2.19. The third-order valence-electron chi connectivity index (χ3n) is 4.90. The number of fused-ring (bicyclic) bond motifs is 1. The van der Waals surface area contributed by atoms with Crippen molar-refractivity contribution in [1.29, 1.82) is 0 Å². The normalized spacial score (nSPS) is 11.5. The van der Waals surface area contributed by atoms with Crippen LogP contribution in [0.3, 0.4) is 0 Å². The Hall–Kier alpha value is -2.34. The van der Waals surface area contributed by atoms with E-state index in [0.29, 0.717) is 18.7 Å². The van der Waals surface area contributed by atoms with Crippen molar-refractivity contribution in [2.75, 3.05) is 20.3 Å². The van der Waals surface area contributed by atoms with E-state index in [9.17, 15) is 9.59 Å². The number of ether oxygens (including phenoxy) is 1. The van der Waals surface area contributed by atoms with Crippen molar-refractivity contribution in [2.24, 2.45) is 0 Å². The van der Waals surface area contributed by atoms with Crippen LogP contribution >= 0.6 is 0 Å². The molecule has 1 heterocycles. The number of H-pyrrole nitrogens is 1. The quantitative estimate of drug-likeness (QED) is 0.785. The molecule has 0 aliphatic rings. The topological polar surface area (TPSA) is 65.6 Å². The Morgan fingerprint density at radius 3 is 2.32 bits per heavy atom. The number of carbonyl (C=O) groups is 1. The summed E-state index contributed by atoms with van der Waals surface area (Å²) in [5, 5.41) is 0.982. The van der Waals surface area contributed by atoms with Gasteiger partial charge in [-0.05, 0) is 64.6 Å². The van der Waals surface area contributed by atoms with Crippen molar-refractivity contribution in [3.63, 3.8) is 0 Å². The highest BCUT2D eigenvalue weighted by atomic mass is 16.5. The summed E-state index contributed by atoms with van der Waals surface area (Å²) in [4.78, 5) is 32.4. The molecule has 0 aliphatic heterocycles. The minimum Gasteiger partial charge on any atom is -0.383 e. The lowest BCUT2D eigenvalue weighted by Crippen LogP contribution is -2.50. The second-order valence-corrected chi connectivity index (χ2v) is 7.96. The number of pyridine rings is 1. The average molecular weight is 388 g/mol. The van der Waals surface area contributed by atoms with Crippen molar-refractivity contribution in [1.82, 2.24) is 14.8 Å². The number of nitrogens with one attached hydrogen (secondary N) is 1. The number of aromatic nitrogens is 1. The first-order valence-electron chi connectivity index (χ1n) is 9.85. The maximum Gasteiger partial charge on any atom is 0.320 e. The summed E-state index contributed by atoms with van der Waals surface area (Å²) in [6, 6.07) is 6.06.